The molecule has 0 bridgehead atoms. The van der Waals surface area contributed by atoms with E-state index in [1.165, 1.54) is 19.3 Å². The molecule has 1 fully saturated rings. The van der Waals surface area contributed by atoms with Gasteiger partial charge in [0.05, 0.1) is 6.10 Å². The SMILES string of the molecule is COC1CC[CH]CC1C. The molecule has 2 atom stereocenters. The van der Waals surface area contributed by atoms with Crippen molar-refractivity contribution in [3.8, 4) is 0 Å². The van der Waals surface area contributed by atoms with Crippen LogP contribution < -0.4 is 0 Å². The van der Waals surface area contributed by atoms with E-state index in [1.54, 1.807) is 0 Å². The first-order chi connectivity index (χ1) is 4.34. The normalized spacial score (nSPS) is 36.7. The number of ether oxygens (including phenoxy) is 1. The molecule has 0 amide bonds. The first kappa shape index (κ1) is 7.07. The van der Waals surface area contributed by atoms with Crippen LogP contribution in [0.2, 0.25) is 0 Å². The maximum atomic E-state index is 5.28. The van der Waals surface area contributed by atoms with Gasteiger partial charge in [-0.2, -0.15) is 0 Å². The van der Waals surface area contributed by atoms with Crippen molar-refractivity contribution in [1.29, 1.82) is 0 Å². The molecule has 0 spiro atoms. The standard InChI is InChI=1S/C8H15O/c1-7-5-3-4-6-8(7)9-2/h3,7-8H,4-6H2,1-2H3. The van der Waals surface area contributed by atoms with Gasteiger partial charge >= 0.3 is 0 Å². The molecule has 0 heterocycles. The topological polar surface area (TPSA) is 9.23 Å². The third-order valence-electron chi connectivity index (χ3n) is 2.13. The van der Waals surface area contributed by atoms with Gasteiger partial charge in [0.25, 0.3) is 0 Å². The van der Waals surface area contributed by atoms with Crippen molar-refractivity contribution in [2.45, 2.75) is 32.3 Å². The van der Waals surface area contributed by atoms with Crippen LogP contribution in [0.3, 0.4) is 0 Å². The lowest BCUT2D eigenvalue weighted by atomic mass is 9.88. The van der Waals surface area contributed by atoms with E-state index in [4.69, 9.17) is 4.74 Å². The van der Waals surface area contributed by atoms with E-state index in [0.717, 1.165) is 5.92 Å². The van der Waals surface area contributed by atoms with Gasteiger partial charge in [0.1, 0.15) is 0 Å². The van der Waals surface area contributed by atoms with E-state index in [2.05, 4.69) is 13.3 Å². The minimum Gasteiger partial charge on any atom is -0.381 e. The summed E-state index contributed by atoms with van der Waals surface area (Å²) < 4.78 is 5.28. The minimum atomic E-state index is 0.523. The average Bonchev–Trinajstić information content (AvgIpc) is 1.89. The van der Waals surface area contributed by atoms with Gasteiger partial charge in [-0.1, -0.05) is 6.92 Å². The predicted molar refractivity (Wildman–Crippen MR) is 38.1 cm³/mol. The summed E-state index contributed by atoms with van der Waals surface area (Å²) in [5, 5.41) is 0. The second-order valence-corrected chi connectivity index (χ2v) is 2.85. The lowest BCUT2D eigenvalue weighted by molar-refractivity contribution is 0.0410. The molecule has 53 valence electrons. The van der Waals surface area contributed by atoms with E-state index in [1.807, 2.05) is 7.11 Å². The van der Waals surface area contributed by atoms with Gasteiger partial charge in [-0.05, 0) is 31.6 Å². The van der Waals surface area contributed by atoms with Crippen molar-refractivity contribution in [1.82, 2.24) is 0 Å². The second kappa shape index (κ2) is 3.21. The highest BCUT2D eigenvalue weighted by Gasteiger charge is 2.19. The van der Waals surface area contributed by atoms with Crippen LogP contribution >= 0.6 is 0 Å². The first-order valence-electron chi connectivity index (χ1n) is 3.69. The van der Waals surface area contributed by atoms with Gasteiger partial charge in [-0.3, -0.25) is 0 Å². The van der Waals surface area contributed by atoms with Crippen LogP contribution in [0.1, 0.15) is 26.2 Å². The highest BCUT2D eigenvalue weighted by atomic mass is 16.5. The number of hydrogen-bond donors (Lipinski definition) is 0. The fourth-order valence-electron chi connectivity index (χ4n) is 1.45. The van der Waals surface area contributed by atoms with Crippen LogP contribution in [0.5, 0.6) is 0 Å². The third-order valence-corrected chi connectivity index (χ3v) is 2.13. The molecule has 0 N–H and O–H groups in total. The molecule has 1 nitrogen and oxygen atoms in total. The summed E-state index contributed by atoms with van der Waals surface area (Å²) in [6.07, 6.45) is 6.58. The zero-order valence-corrected chi connectivity index (χ0v) is 6.26. The Morgan fingerprint density at radius 1 is 1.56 bits per heavy atom. The highest BCUT2D eigenvalue weighted by molar-refractivity contribution is 4.81. The van der Waals surface area contributed by atoms with Crippen molar-refractivity contribution < 1.29 is 4.74 Å². The molecule has 0 aromatic heterocycles. The maximum absolute atomic E-state index is 5.28. The fraction of sp³-hybridized carbons (Fsp3) is 0.875. The van der Waals surface area contributed by atoms with Crippen molar-refractivity contribution in [3.63, 3.8) is 0 Å². The summed E-state index contributed by atoms with van der Waals surface area (Å²) in [5.41, 5.74) is 0. The molecule has 1 radical (unpaired) electrons. The van der Waals surface area contributed by atoms with Gasteiger partial charge in [0.15, 0.2) is 0 Å². The van der Waals surface area contributed by atoms with E-state index >= 15 is 0 Å². The van der Waals surface area contributed by atoms with Crippen LogP contribution in [0, 0.1) is 12.3 Å². The quantitative estimate of drug-likeness (QED) is 0.523. The Bertz CT molecular complexity index is 80.6. The molecule has 0 aliphatic heterocycles. The largest absolute Gasteiger partial charge is 0.381 e. The van der Waals surface area contributed by atoms with Gasteiger partial charge in [-0.25, -0.2) is 0 Å². The Morgan fingerprint density at radius 3 is 2.78 bits per heavy atom. The smallest absolute Gasteiger partial charge is 0.0597 e. The summed E-state index contributed by atoms with van der Waals surface area (Å²) in [5.74, 6) is 0.740. The molecule has 0 saturated heterocycles. The maximum Gasteiger partial charge on any atom is 0.0597 e. The van der Waals surface area contributed by atoms with Crippen LogP contribution in [0.25, 0.3) is 0 Å². The van der Waals surface area contributed by atoms with E-state index in [-0.39, 0.29) is 0 Å². The number of rotatable bonds is 1. The van der Waals surface area contributed by atoms with Crippen LogP contribution in [0.15, 0.2) is 0 Å². The van der Waals surface area contributed by atoms with E-state index < -0.39 is 0 Å². The Balaban J connectivity index is 2.30. The molecule has 1 saturated carbocycles. The lowest BCUT2D eigenvalue weighted by Gasteiger charge is -2.26. The van der Waals surface area contributed by atoms with Gasteiger partial charge in [0.2, 0.25) is 0 Å². The molecule has 1 aliphatic rings. The zero-order chi connectivity index (χ0) is 6.69. The molecule has 1 aliphatic carbocycles. The molecular weight excluding hydrogens is 112 g/mol. The van der Waals surface area contributed by atoms with Crippen LogP contribution in [-0.2, 0) is 4.74 Å². The molecule has 2 unspecified atom stereocenters. The summed E-state index contributed by atoms with van der Waals surface area (Å²) in [7, 11) is 1.81. The van der Waals surface area contributed by atoms with Crippen molar-refractivity contribution in [2.24, 2.45) is 5.92 Å². The van der Waals surface area contributed by atoms with Crippen LogP contribution in [0.4, 0.5) is 0 Å². The lowest BCUT2D eigenvalue weighted by Crippen LogP contribution is -2.24. The molecular formula is C8H15O. The Hall–Kier alpha value is -0.0400. The number of hydrogen-bond acceptors (Lipinski definition) is 1. The van der Waals surface area contributed by atoms with Crippen molar-refractivity contribution in [2.75, 3.05) is 7.11 Å². The summed E-state index contributed by atoms with van der Waals surface area (Å²) >= 11 is 0. The summed E-state index contributed by atoms with van der Waals surface area (Å²) in [4.78, 5) is 0. The average molecular weight is 127 g/mol. The Kier molecular flexibility index (Phi) is 2.52. The van der Waals surface area contributed by atoms with Crippen LogP contribution in [-0.4, -0.2) is 13.2 Å². The van der Waals surface area contributed by atoms with E-state index in [0.29, 0.717) is 6.10 Å². The first-order valence-corrected chi connectivity index (χ1v) is 3.69. The summed E-state index contributed by atoms with van der Waals surface area (Å²) in [6, 6.07) is 0. The Morgan fingerprint density at radius 2 is 2.33 bits per heavy atom. The zero-order valence-electron chi connectivity index (χ0n) is 6.26. The van der Waals surface area contributed by atoms with Crippen molar-refractivity contribution in [3.05, 3.63) is 6.42 Å². The predicted octanol–water partition coefficient (Wildman–Crippen LogP) is 2.03. The minimum absolute atomic E-state index is 0.523. The Labute approximate surface area is 57.4 Å². The van der Waals surface area contributed by atoms with Gasteiger partial charge in [0, 0.05) is 7.11 Å². The third kappa shape index (κ3) is 1.68. The highest BCUT2D eigenvalue weighted by Crippen LogP contribution is 2.24. The van der Waals surface area contributed by atoms with E-state index in [9.17, 15) is 0 Å². The molecule has 0 aromatic carbocycles. The fourth-order valence-corrected chi connectivity index (χ4v) is 1.45. The molecule has 9 heavy (non-hydrogen) atoms. The van der Waals surface area contributed by atoms with Gasteiger partial charge in [-0.15, -0.1) is 0 Å². The molecule has 1 rings (SSSR count). The number of methoxy groups -OCH3 is 1. The van der Waals surface area contributed by atoms with Crippen molar-refractivity contribution >= 4 is 0 Å². The monoisotopic (exact) mass is 127 g/mol. The summed E-state index contributed by atoms with van der Waals surface area (Å²) in [6.45, 7) is 2.25. The second-order valence-electron chi connectivity index (χ2n) is 2.85. The molecule has 0 aromatic rings. The molecule has 1 heteroatoms. The van der Waals surface area contributed by atoms with Gasteiger partial charge < -0.3 is 4.74 Å².